The van der Waals surface area contributed by atoms with Crippen molar-refractivity contribution in [2.24, 2.45) is 28.9 Å². The molecular weight excluding hydrogens is 226 g/mol. The number of thiophene rings is 1. The van der Waals surface area contributed by atoms with Crippen LogP contribution in [0, 0.1) is 23.2 Å². The summed E-state index contributed by atoms with van der Waals surface area (Å²) in [6.07, 6.45) is 8.78. The van der Waals surface area contributed by atoms with E-state index in [0.717, 1.165) is 17.8 Å². The normalized spacial score (nSPS) is 45.1. The molecule has 1 atom stereocenters. The number of hydrogen-bond acceptors (Lipinski definition) is 2. The molecule has 2 heteroatoms. The molecule has 0 radical (unpaired) electrons. The van der Waals surface area contributed by atoms with Gasteiger partial charge in [-0.1, -0.05) is 6.07 Å². The molecule has 0 aromatic carbocycles. The molecule has 4 saturated carbocycles. The molecule has 1 aromatic heterocycles. The maximum Gasteiger partial charge on any atom is 0.0447 e. The molecule has 17 heavy (non-hydrogen) atoms. The van der Waals surface area contributed by atoms with Gasteiger partial charge in [-0.25, -0.2) is 0 Å². The van der Waals surface area contributed by atoms with Crippen LogP contribution in [0.5, 0.6) is 0 Å². The van der Waals surface area contributed by atoms with Crippen LogP contribution in [0.1, 0.15) is 49.4 Å². The summed E-state index contributed by atoms with van der Waals surface area (Å²) in [6.45, 7) is 0. The van der Waals surface area contributed by atoms with Gasteiger partial charge in [-0.3, -0.25) is 0 Å². The van der Waals surface area contributed by atoms with Gasteiger partial charge < -0.3 is 5.73 Å². The zero-order valence-electron chi connectivity index (χ0n) is 10.3. The van der Waals surface area contributed by atoms with Crippen molar-refractivity contribution in [3.05, 3.63) is 22.4 Å². The fourth-order valence-electron chi connectivity index (χ4n) is 5.33. The highest BCUT2D eigenvalue weighted by atomic mass is 32.1. The van der Waals surface area contributed by atoms with Crippen LogP contribution in [0.15, 0.2) is 17.5 Å². The molecule has 4 aliphatic carbocycles. The molecule has 0 saturated heterocycles. The lowest BCUT2D eigenvalue weighted by Crippen LogP contribution is -2.50. The van der Waals surface area contributed by atoms with Gasteiger partial charge in [0.2, 0.25) is 0 Å². The minimum atomic E-state index is 0.316. The van der Waals surface area contributed by atoms with Crippen molar-refractivity contribution in [2.75, 3.05) is 0 Å². The predicted molar refractivity (Wildman–Crippen MR) is 71.9 cm³/mol. The zero-order valence-corrected chi connectivity index (χ0v) is 11.1. The average molecular weight is 247 g/mol. The summed E-state index contributed by atoms with van der Waals surface area (Å²) in [6, 6.07) is 4.71. The summed E-state index contributed by atoms with van der Waals surface area (Å²) in [5.41, 5.74) is 7.12. The van der Waals surface area contributed by atoms with Gasteiger partial charge in [-0.15, -0.1) is 11.3 Å². The van der Waals surface area contributed by atoms with Gasteiger partial charge in [0.25, 0.3) is 0 Å². The Labute approximate surface area is 107 Å². The standard InChI is InChI=1S/C15H21NS/c16-14(13-2-1-3-17-13)15-7-10-4-11(8-15)6-12(5-10)9-15/h1-3,10-12,14H,4-9,16H2. The van der Waals surface area contributed by atoms with Crippen LogP contribution in [0.2, 0.25) is 0 Å². The molecule has 1 nitrogen and oxygen atoms in total. The monoisotopic (exact) mass is 247 g/mol. The number of nitrogens with two attached hydrogens (primary N) is 1. The SMILES string of the molecule is NC(c1cccs1)C12CC3CC(CC(C3)C1)C2. The highest BCUT2D eigenvalue weighted by molar-refractivity contribution is 7.10. The average Bonchev–Trinajstić information content (AvgIpc) is 2.79. The van der Waals surface area contributed by atoms with Gasteiger partial charge in [-0.05, 0) is 73.1 Å². The largest absolute Gasteiger partial charge is 0.323 e. The minimum absolute atomic E-state index is 0.316. The Morgan fingerprint density at radius 2 is 1.71 bits per heavy atom. The molecule has 1 unspecified atom stereocenters. The Hall–Kier alpha value is -0.340. The van der Waals surface area contributed by atoms with Crippen molar-refractivity contribution < 1.29 is 0 Å². The molecule has 4 bridgehead atoms. The van der Waals surface area contributed by atoms with E-state index in [-0.39, 0.29) is 0 Å². The summed E-state index contributed by atoms with van der Waals surface area (Å²) in [5, 5.41) is 2.18. The minimum Gasteiger partial charge on any atom is -0.323 e. The van der Waals surface area contributed by atoms with Crippen LogP contribution in [0.3, 0.4) is 0 Å². The number of hydrogen-bond donors (Lipinski definition) is 1. The van der Waals surface area contributed by atoms with Gasteiger partial charge in [0.05, 0.1) is 0 Å². The van der Waals surface area contributed by atoms with Crippen LogP contribution in [-0.2, 0) is 0 Å². The summed E-state index contributed by atoms with van der Waals surface area (Å²) in [5.74, 6) is 3.02. The van der Waals surface area contributed by atoms with E-state index in [1.807, 2.05) is 11.3 Å². The molecule has 0 aliphatic heterocycles. The first kappa shape index (κ1) is 10.6. The smallest absolute Gasteiger partial charge is 0.0447 e. The van der Waals surface area contributed by atoms with Crippen molar-refractivity contribution >= 4 is 11.3 Å². The third-order valence-corrected chi connectivity index (χ3v) is 6.55. The fourth-order valence-corrected chi connectivity index (χ4v) is 6.20. The summed E-state index contributed by atoms with van der Waals surface area (Å²) >= 11 is 1.85. The van der Waals surface area contributed by atoms with E-state index in [1.165, 1.54) is 43.4 Å². The molecule has 1 aromatic rings. The summed E-state index contributed by atoms with van der Waals surface area (Å²) < 4.78 is 0. The second-order valence-corrected chi connectivity index (χ2v) is 7.75. The highest BCUT2D eigenvalue weighted by Crippen LogP contribution is 2.63. The highest BCUT2D eigenvalue weighted by Gasteiger charge is 2.53. The van der Waals surface area contributed by atoms with Crippen molar-refractivity contribution in [1.82, 2.24) is 0 Å². The molecule has 2 N–H and O–H groups in total. The van der Waals surface area contributed by atoms with Crippen LogP contribution >= 0.6 is 11.3 Å². The van der Waals surface area contributed by atoms with Crippen molar-refractivity contribution in [1.29, 1.82) is 0 Å². The number of rotatable bonds is 2. The topological polar surface area (TPSA) is 26.0 Å². The van der Waals surface area contributed by atoms with Crippen LogP contribution in [0.4, 0.5) is 0 Å². The van der Waals surface area contributed by atoms with E-state index in [9.17, 15) is 0 Å². The molecule has 5 rings (SSSR count). The van der Waals surface area contributed by atoms with Gasteiger partial charge in [0.1, 0.15) is 0 Å². The second kappa shape index (κ2) is 3.58. The molecule has 1 heterocycles. The van der Waals surface area contributed by atoms with Gasteiger partial charge in [-0.2, -0.15) is 0 Å². The Morgan fingerprint density at radius 3 is 2.18 bits per heavy atom. The Kier molecular flexibility index (Phi) is 2.23. The van der Waals surface area contributed by atoms with Crippen LogP contribution in [-0.4, -0.2) is 0 Å². The Balaban J connectivity index is 1.68. The predicted octanol–water partition coefficient (Wildman–Crippen LogP) is 3.96. The molecule has 4 aliphatic rings. The van der Waals surface area contributed by atoms with E-state index < -0.39 is 0 Å². The first-order chi connectivity index (χ1) is 8.25. The summed E-state index contributed by atoms with van der Waals surface area (Å²) in [7, 11) is 0. The third-order valence-electron chi connectivity index (χ3n) is 5.60. The van der Waals surface area contributed by atoms with Crippen molar-refractivity contribution in [3.63, 3.8) is 0 Å². The first-order valence-corrected chi connectivity index (χ1v) is 7.92. The third kappa shape index (κ3) is 1.53. The van der Waals surface area contributed by atoms with E-state index >= 15 is 0 Å². The quantitative estimate of drug-likeness (QED) is 0.841. The fraction of sp³-hybridized carbons (Fsp3) is 0.733. The van der Waals surface area contributed by atoms with E-state index in [1.54, 1.807) is 0 Å². The first-order valence-electron chi connectivity index (χ1n) is 7.04. The zero-order chi connectivity index (χ0) is 11.5. The van der Waals surface area contributed by atoms with Crippen molar-refractivity contribution in [3.8, 4) is 0 Å². The van der Waals surface area contributed by atoms with Crippen LogP contribution < -0.4 is 5.73 Å². The Morgan fingerprint density at radius 1 is 1.12 bits per heavy atom. The molecule has 0 amide bonds. The Bertz CT molecular complexity index is 373. The van der Waals surface area contributed by atoms with Gasteiger partial charge in [0, 0.05) is 10.9 Å². The maximum atomic E-state index is 6.65. The van der Waals surface area contributed by atoms with E-state index in [4.69, 9.17) is 5.73 Å². The van der Waals surface area contributed by atoms with Crippen molar-refractivity contribution in [2.45, 2.75) is 44.6 Å². The lowest BCUT2D eigenvalue weighted by atomic mass is 9.47. The molecule has 92 valence electrons. The lowest BCUT2D eigenvalue weighted by Gasteiger charge is -2.58. The second-order valence-electron chi connectivity index (χ2n) is 6.77. The van der Waals surface area contributed by atoms with Gasteiger partial charge >= 0.3 is 0 Å². The maximum absolute atomic E-state index is 6.65. The molecule has 0 spiro atoms. The molecule has 4 fully saturated rings. The molecular formula is C15H21NS. The summed E-state index contributed by atoms with van der Waals surface area (Å²) in [4.78, 5) is 1.42. The lowest BCUT2D eigenvalue weighted by molar-refractivity contribution is -0.0672. The van der Waals surface area contributed by atoms with Crippen LogP contribution in [0.25, 0.3) is 0 Å². The van der Waals surface area contributed by atoms with E-state index in [0.29, 0.717) is 11.5 Å². The van der Waals surface area contributed by atoms with E-state index in [2.05, 4.69) is 17.5 Å². The van der Waals surface area contributed by atoms with Gasteiger partial charge in [0.15, 0.2) is 0 Å².